The Morgan fingerprint density at radius 1 is 1.14 bits per heavy atom. The molecule has 4 rings (SSSR count). The van der Waals surface area contributed by atoms with Crippen molar-refractivity contribution in [3.63, 3.8) is 0 Å². The summed E-state index contributed by atoms with van der Waals surface area (Å²) in [6.07, 6.45) is 1.80. The van der Waals surface area contributed by atoms with Gasteiger partial charge in [0, 0.05) is 38.2 Å². The van der Waals surface area contributed by atoms with Crippen LogP contribution in [0.5, 0.6) is 11.5 Å². The van der Waals surface area contributed by atoms with Crippen LogP contribution < -0.4 is 15.5 Å². The average Bonchev–Trinajstić information content (AvgIpc) is 2.87. The minimum atomic E-state index is -0.605. The molecule has 3 aromatic rings. The van der Waals surface area contributed by atoms with Crippen LogP contribution in [0.1, 0.15) is 47.8 Å². The Labute approximate surface area is 205 Å². The normalized spacial score (nSPS) is 15.5. The molecule has 1 unspecified atom stereocenters. The number of benzene rings is 2. The molecule has 1 saturated heterocycles. The molecule has 2 aromatic carbocycles. The lowest BCUT2D eigenvalue weighted by molar-refractivity contribution is -0.122. The molecule has 7 heteroatoms. The third-order valence-electron chi connectivity index (χ3n) is 6.50. The van der Waals surface area contributed by atoms with Crippen molar-refractivity contribution >= 4 is 5.91 Å². The van der Waals surface area contributed by atoms with E-state index in [4.69, 9.17) is 9.15 Å². The lowest BCUT2D eigenvalue weighted by Crippen LogP contribution is -2.44. The smallest absolute Gasteiger partial charge is 0.227 e. The lowest BCUT2D eigenvalue weighted by Gasteiger charge is -2.32. The molecule has 184 valence electrons. The van der Waals surface area contributed by atoms with Gasteiger partial charge in [-0.05, 0) is 43.0 Å². The molecule has 35 heavy (non-hydrogen) atoms. The largest absolute Gasteiger partial charge is 0.502 e. The van der Waals surface area contributed by atoms with Crippen molar-refractivity contribution in [2.24, 2.45) is 0 Å². The number of carbonyl (C=O) groups is 1. The summed E-state index contributed by atoms with van der Waals surface area (Å²) in [4.78, 5) is 27.7. The molecule has 0 bridgehead atoms. The van der Waals surface area contributed by atoms with Crippen LogP contribution in [0, 0.1) is 6.92 Å². The molecule has 2 N–H and O–H groups in total. The van der Waals surface area contributed by atoms with Gasteiger partial charge in [0.25, 0.3) is 0 Å². The van der Waals surface area contributed by atoms with E-state index in [1.807, 2.05) is 18.2 Å². The molecule has 1 fully saturated rings. The topological polar surface area (TPSA) is 92.0 Å². The third kappa shape index (κ3) is 6.31. The molecule has 1 aliphatic rings. The molecule has 0 saturated carbocycles. The third-order valence-corrected chi connectivity index (χ3v) is 6.50. The van der Waals surface area contributed by atoms with Crippen molar-refractivity contribution in [3.05, 3.63) is 93.5 Å². The van der Waals surface area contributed by atoms with Gasteiger partial charge in [-0.15, -0.1) is 0 Å². The van der Waals surface area contributed by atoms with Crippen molar-refractivity contribution in [3.8, 4) is 11.5 Å². The highest BCUT2D eigenvalue weighted by Gasteiger charge is 2.28. The maximum Gasteiger partial charge on any atom is 0.227 e. The first-order valence-electron chi connectivity index (χ1n) is 12.0. The highest BCUT2D eigenvalue weighted by Crippen LogP contribution is 2.34. The van der Waals surface area contributed by atoms with Gasteiger partial charge in [-0.1, -0.05) is 42.5 Å². The Hall–Kier alpha value is -3.58. The first-order valence-corrected chi connectivity index (χ1v) is 12.0. The first-order chi connectivity index (χ1) is 16.9. The van der Waals surface area contributed by atoms with Crippen LogP contribution in [0.3, 0.4) is 0 Å². The summed E-state index contributed by atoms with van der Waals surface area (Å²) < 4.78 is 11.0. The molecule has 0 radical (unpaired) electrons. The molecular formula is C28H32N2O5. The second-order valence-electron chi connectivity index (χ2n) is 9.07. The average molecular weight is 477 g/mol. The quantitative estimate of drug-likeness (QED) is 0.511. The number of nitrogens with one attached hydrogen (secondary N) is 1. The number of methoxy groups -OCH3 is 1. The van der Waals surface area contributed by atoms with Gasteiger partial charge in [-0.3, -0.25) is 14.5 Å². The standard InChI is InChI=1S/C28H32N2O5/c1-19-16-25(31)27(33)28(35-19)24(21-8-10-23(34-2)11-9-21)17-26(32)29-22-12-14-30(15-13-22)18-20-6-4-3-5-7-20/h3-11,16,22,24,33H,12-15,17-18H2,1-2H3,(H,29,32). The summed E-state index contributed by atoms with van der Waals surface area (Å²) in [5, 5.41) is 13.6. The van der Waals surface area contributed by atoms with Crippen LogP contribution in [0.4, 0.5) is 0 Å². The molecule has 0 aliphatic carbocycles. The number of rotatable bonds is 8. The number of piperidine rings is 1. The number of carbonyl (C=O) groups excluding carboxylic acids is 1. The van der Waals surface area contributed by atoms with E-state index >= 15 is 0 Å². The first kappa shape index (κ1) is 24.5. The highest BCUT2D eigenvalue weighted by molar-refractivity contribution is 5.78. The summed E-state index contributed by atoms with van der Waals surface area (Å²) in [5.41, 5.74) is 1.52. The summed E-state index contributed by atoms with van der Waals surface area (Å²) in [6.45, 7) is 4.38. The van der Waals surface area contributed by atoms with Gasteiger partial charge in [0.15, 0.2) is 5.76 Å². The second-order valence-corrected chi connectivity index (χ2v) is 9.07. The van der Waals surface area contributed by atoms with E-state index in [1.54, 1.807) is 26.2 Å². The van der Waals surface area contributed by atoms with Crippen LogP contribution >= 0.6 is 0 Å². The van der Waals surface area contributed by atoms with Crippen LogP contribution in [-0.4, -0.2) is 42.2 Å². The summed E-state index contributed by atoms with van der Waals surface area (Å²) in [7, 11) is 1.58. The molecule has 2 heterocycles. The molecule has 1 atom stereocenters. The van der Waals surface area contributed by atoms with Crippen LogP contribution in [0.2, 0.25) is 0 Å². The Bertz CT molecular complexity index is 1180. The number of amides is 1. The zero-order valence-electron chi connectivity index (χ0n) is 20.2. The van der Waals surface area contributed by atoms with E-state index in [0.717, 1.165) is 38.0 Å². The maximum absolute atomic E-state index is 13.1. The van der Waals surface area contributed by atoms with Crippen LogP contribution in [0.25, 0.3) is 0 Å². The fourth-order valence-corrected chi connectivity index (χ4v) is 4.61. The van der Waals surface area contributed by atoms with Crippen LogP contribution in [0.15, 0.2) is 69.9 Å². The van der Waals surface area contributed by atoms with E-state index in [-0.39, 0.29) is 24.1 Å². The number of aromatic hydroxyl groups is 1. The molecule has 1 amide bonds. The van der Waals surface area contributed by atoms with E-state index in [9.17, 15) is 14.7 Å². The van der Waals surface area contributed by atoms with E-state index in [1.165, 1.54) is 11.6 Å². The van der Waals surface area contributed by atoms with Gasteiger partial charge in [0.1, 0.15) is 11.5 Å². The minimum Gasteiger partial charge on any atom is -0.502 e. The summed E-state index contributed by atoms with van der Waals surface area (Å²) in [6, 6.07) is 18.9. The number of aryl methyl sites for hydroxylation is 1. The summed E-state index contributed by atoms with van der Waals surface area (Å²) in [5.74, 6) is -0.0457. The summed E-state index contributed by atoms with van der Waals surface area (Å²) >= 11 is 0. The molecule has 0 spiro atoms. The monoisotopic (exact) mass is 476 g/mol. The molecule has 7 nitrogen and oxygen atoms in total. The minimum absolute atomic E-state index is 0.0521. The SMILES string of the molecule is COc1ccc(C(CC(=O)NC2CCN(Cc3ccccc3)CC2)c2oc(C)cc(=O)c2O)cc1. The molecule has 1 aliphatic heterocycles. The Morgan fingerprint density at radius 3 is 2.49 bits per heavy atom. The number of hydrogen-bond acceptors (Lipinski definition) is 6. The van der Waals surface area contributed by atoms with E-state index < -0.39 is 17.1 Å². The van der Waals surface area contributed by atoms with E-state index in [0.29, 0.717) is 11.5 Å². The van der Waals surface area contributed by atoms with Gasteiger partial charge in [0.2, 0.25) is 17.1 Å². The maximum atomic E-state index is 13.1. The zero-order valence-corrected chi connectivity index (χ0v) is 20.2. The Morgan fingerprint density at radius 2 is 1.83 bits per heavy atom. The van der Waals surface area contributed by atoms with Crippen LogP contribution in [-0.2, 0) is 11.3 Å². The highest BCUT2D eigenvalue weighted by atomic mass is 16.5. The van der Waals surface area contributed by atoms with Crippen molar-refractivity contribution in [2.45, 2.75) is 44.7 Å². The molecule has 1 aromatic heterocycles. The van der Waals surface area contributed by atoms with Crippen molar-refractivity contribution in [1.82, 2.24) is 10.2 Å². The predicted molar refractivity (Wildman–Crippen MR) is 134 cm³/mol. The zero-order chi connectivity index (χ0) is 24.8. The van der Waals surface area contributed by atoms with Gasteiger partial charge < -0.3 is 19.6 Å². The number of likely N-dealkylation sites (tertiary alicyclic amines) is 1. The van der Waals surface area contributed by atoms with Gasteiger partial charge >= 0.3 is 0 Å². The Kier molecular flexibility index (Phi) is 7.87. The number of ether oxygens (including phenoxy) is 1. The second kappa shape index (κ2) is 11.2. The Balaban J connectivity index is 1.43. The van der Waals surface area contributed by atoms with Gasteiger partial charge in [-0.2, -0.15) is 0 Å². The molecular weight excluding hydrogens is 444 g/mol. The van der Waals surface area contributed by atoms with Gasteiger partial charge in [0.05, 0.1) is 13.0 Å². The number of nitrogens with zero attached hydrogens (tertiary/aromatic N) is 1. The lowest BCUT2D eigenvalue weighted by atomic mass is 9.91. The fourth-order valence-electron chi connectivity index (χ4n) is 4.61. The van der Waals surface area contributed by atoms with Crippen molar-refractivity contribution < 1.29 is 19.1 Å². The number of hydrogen-bond donors (Lipinski definition) is 2. The predicted octanol–water partition coefficient (Wildman–Crippen LogP) is 3.97. The van der Waals surface area contributed by atoms with E-state index in [2.05, 4.69) is 34.5 Å². The van der Waals surface area contributed by atoms with Gasteiger partial charge in [-0.25, -0.2) is 0 Å². The van der Waals surface area contributed by atoms with Crippen molar-refractivity contribution in [2.75, 3.05) is 20.2 Å². The van der Waals surface area contributed by atoms with Crippen molar-refractivity contribution in [1.29, 1.82) is 0 Å². The fraction of sp³-hybridized carbons (Fsp3) is 0.357.